The third-order valence-corrected chi connectivity index (χ3v) is 3.40. The molecular formula is C14H19NO4. The van der Waals surface area contributed by atoms with Crippen molar-refractivity contribution in [1.29, 1.82) is 0 Å². The molecule has 0 saturated carbocycles. The standard InChI is InChI=1S/C14H19NO4/c1-4-19-13(16)14(15)7-9-5-11(17-2)12(18-3)6-10(9)8-14/h5-6H,4,7-8,15H2,1-3H3. The zero-order valence-electron chi connectivity index (χ0n) is 11.5. The van der Waals surface area contributed by atoms with E-state index in [1.165, 1.54) is 0 Å². The van der Waals surface area contributed by atoms with Crippen molar-refractivity contribution in [1.82, 2.24) is 0 Å². The first-order valence-corrected chi connectivity index (χ1v) is 6.24. The zero-order chi connectivity index (χ0) is 14.0. The van der Waals surface area contributed by atoms with Crippen molar-refractivity contribution < 1.29 is 19.0 Å². The predicted molar refractivity (Wildman–Crippen MR) is 70.5 cm³/mol. The van der Waals surface area contributed by atoms with E-state index < -0.39 is 5.54 Å². The number of fused-ring (bicyclic) bond motifs is 1. The third kappa shape index (κ3) is 2.38. The summed E-state index contributed by atoms with van der Waals surface area (Å²) in [7, 11) is 3.17. The van der Waals surface area contributed by atoms with Crippen LogP contribution < -0.4 is 15.2 Å². The molecule has 1 aromatic rings. The van der Waals surface area contributed by atoms with Gasteiger partial charge in [0, 0.05) is 12.8 Å². The van der Waals surface area contributed by atoms with Gasteiger partial charge in [0.1, 0.15) is 5.54 Å². The van der Waals surface area contributed by atoms with Crippen molar-refractivity contribution >= 4 is 5.97 Å². The monoisotopic (exact) mass is 265 g/mol. The predicted octanol–water partition coefficient (Wildman–Crippen LogP) is 1.06. The molecule has 0 amide bonds. The molecule has 19 heavy (non-hydrogen) atoms. The number of methoxy groups -OCH3 is 2. The van der Waals surface area contributed by atoms with E-state index in [4.69, 9.17) is 19.9 Å². The second-order valence-corrected chi connectivity index (χ2v) is 4.71. The Labute approximate surface area is 112 Å². The van der Waals surface area contributed by atoms with Crippen LogP contribution in [-0.2, 0) is 22.4 Å². The third-order valence-electron chi connectivity index (χ3n) is 3.40. The smallest absolute Gasteiger partial charge is 0.326 e. The number of benzene rings is 1. The van der Waals surface area contributed by atoms with Gasteiger partial charge in [0.15, 0.2) is 11.5 Å². The maximum Gasteiger partial charge on any atom is 0.326 e. The van der Waals surface area contributed by atoms with E-state index >= 15 is 0 Å². The second kappa shape index (κ2) is 5.09. The summed E-state index contributed by atoms with van der Waals surface area (Å²) < 4.78 is 15.6. The highest BCUT2D eigenvalue weighted by Crippen LogP contribution is 2.37. The van der Waals surface area contributed by atoms with E-state index in [9.17, 15) is 4.79 Å². The molecule has 0 atom stereocenters. The first-order valence-electron chi connectivity index (χ1n) is 6.24. The quantitative estimate of drug-likeness (QED) is 0.824. The van der Waals surface area contributed by atoms with E-state index in [0.29, 0.717) is 30.9 Å². The van der Waals surface area contributed by atoms with Gasteiger partial charge in [-0.2, -0.15) is 0 Å². The lowest BCUT2D eigenvalue weighted by atomic mass is 9.97. The van der Waals surface area contributed by atoms with Gasteiger partial charge in [-0.3, -0.25) is 4.79 Å². The van der Waals surface area contributed by atoms with Crippen molar-refractivity contribution in [2.75, 3.05) is 20.8 Å². The highest BCUT2D eigenvalue weighted by Gasteiger charge is 2.42. The summed E-state index contributed by atoms with van der Waals surface area (Å²) in [5, 5.41) is 0. The fraction of sp³-hybridized carbons (Fsp3) is 0.500. The molecule has 1 aliphatic carbocycles. The molecule has 0 aliphatic heterocycles. The van der Waals surface area contributed by atoms with Crippen LogP contribution in [-0.4, -0.2) is 32.3 Å². The number of esters is 1. The Balaban J connectivity index is 2.31. The summed E-state index contributed by atoms with van der Waals surface area (Å²) in [6.45, 7) is 2.11. The molecule has 1 aromatic carbocycles. The molecule has 104 valence electrons. The van der Waals surface area contributed by atoms with E-state index in [-0.39, 0.29) is 5.97 Å². The molecule has 1 aliphatic rings. The van der Waals surface area contributed by atoms with Crippen LogP contribution in [0.2, 0.25) is 0 Å². The molecule has 0 radical (unpaired) electrons. The fourth-order valence-electron chi connectivity index (χ4n) is 2.45. The molecule has 2 N–H and O–H groups in total. The SMILES string of the molecule is CCOC(=O)C1(N)Cc2cc(OC)c(OC)cc2C1. The summed E-state index contributed by atoms with van der Waals surface area (Å²) in [6, 6.07) is 3.75. The summed E-state index contributed by atoms with van der Waals surface area (Å²) in [4.78, 5) is 11.9. The zero-order valence-corrected chi connectivity index (χ0v) is 11.5. The fourth-order valence-corrected chi connectivity index (χ4v) is 2.45. The highest BCUT2D eigenvalue weighted by molar-refractivity contribution is 5.83. The Morgan fingerprint density at radius 3 is 2.05 bits per heavy atom. The maximum absolute atomic E-state index is 11.9. The number of carbonyl (C=O) groups is 1. The minimum Gasteiger partial charge on any atom is -0.493 e. The van der Waals surface area contributed by atoms with Gasteiger partial charge in [-0.25, -0.2) is 0 Å². The van der Waals surface area contributed by atoms with Crippen LogP contribution in [0.25, 0.3) is 0 Å². The lowest BCUT2D eigenvalue weighted by molar-refractivity contribution is -0.149. The lowest BCUT2D eigenvalue weighted by Gasteiger charge is -2.20. The lowest BCUT2D eigenvalue weighted by Crippen LogP contribution is -2.50. The Morgan fingerprint density at radius 2 is 1.68 bits per heavy atom. The Hall–Kier alpha value is -1.75. The van der Waals surface area contributed by atoms with Crippen LogP contribution in [0.15, 0.2) is 12.1 Å². The molecular weight excluding hydrogens is 246 g/mol. The van der Waals surface area contributed by atoms with Crippen molar-refractivity contribution in [3.05, 3.63) is 23.3 Å². The second-order valence-electron chi connectivity index (χ2n) is 4.71. The van der Waals surface area contributed by atoms with Gasteiger partial charge < -0.3 is 19.9 Å². The first kappa shape index (κ1) is 13.7. The number of nitrogens with two attached hydrogens (primary N) is 1. The molecule has 0 spiro atoms. The van der Waals surface area contributed by atoms with E-state index in [0.717, 1.165) is 11.1 Å². The molecule has 0 bridgehead atoms. The average Bonchev–Trinajstić information content (AvgIpc) is 2.74. The number of carbonyl (C=O) groups excluding carboxylic acids is 1. The molecule has 5 nitrogen and oxygen atoms in total. The van der Waals surface area contributed by atoms with Gasteiger partial charge in [0.2, 0.25) is 0 Å². The van der Waals surface area contributed by atoms with Gasteiger partial charge in [0.05, 0.1) is 20.8 Å². The van der Waals surface area contributed by atoms with Crippen LogP contribution in [0.3, 0.4) is 0 Å². The summed E-state index contributed by atoms with van der Waals surface area (Å²) in [6.07, 6.45) is 0.920. The Morgan fingerprint density at radius 1 is 1.21 bits per heavy atom. The molecule has 0 aromatic heterocycles. The van der Waals surface area contributed by atoms with Crippen molar-refractivity contribution in [2.24, 2.45) is 5.73 Å². The molecule has 2 rings (SSSR count). The molecule has 0 heterocycles. The topological polar surface area (TPSA) is 70.8 Å². The normalized spacial score (nSPS) is 15.8. The summed E-state index contributed by atoms with van der Waals surface area (Å²) >= 11 is 0. The van der Waals surface area contributed by atoms with Crippen LogP contribution >= 0.6 is 0 Å². The van der Waals surface area contributed by atoms with E-state index in [2.05, 4.69) is 0 Å². The molecule has 0 fully saturated rings. The van der Waals surface area contributed by atoms with Crippen LogP contribution in [0, 0.1) is 0 Å². The van der Waals surface area contributed by atoms with Crippen LogP contribution in [0.4, 0.5) is 0 Å². The van der Waals surface area contributed by atoms with E-state index in [1.807, 2.05) is 12.1 Å². The Bertz CT molecular complexity index is 465. The Kier molecular flexibility index (Phi) is 3.66. The molecule has 5 heteroatoms. The van der Waals surface area contributed by atoms with Gasteiger partial charge in [-0.05, 0) is 30.2 Å². The molecule has 0 saturated heterocycles. The minimum atomic E-state index is -0.976. The van der Waals surface area contributed by atoms with Crippen molar-refractivity contribution in [2.45, 2.75) is 25.3 Å². The summed E-state index contributed by atoms with van der Waals surface area (Å²) in [5.74, 6) is 0.938. The maximum atomic E-state index is 11.9. The van der Waals surface area contributed by atoms with Crippen molar-refractivity contribution in [3.8, 4) is 11.5 Å². The van der Waals surface area contributed by atoms with Crippen LogP contribution in [0.1, 0.15) is 18.1 Å². The number of hydrogen-bond acceptors (Lipinski definition) is 5. The van der Waals surface area contributed by atoms with Gasteiger partial charge in [-0.15, -0.1) is 0 Å². The average molecular weight is 265 g/mol. The number of ether oxygens (including phenoxy) is 3. The number of hydrogen-bond donors (Lipinski definition) is 1. The van der Waals surface area contributed by atoms with Gasteiger partial charge >= 0.3 is 5.97 Å². The highest BCUT2D eigenvalue weighted by atomic mass is 16.5. The van der Waals surface area contributed by atoms with Crippen molar-refractivity contribution in [3.63, 3.8) is 0 Å². The summed E-state index contributed by atoms with van der Waals surface area (Å²) in [5.41, 5.74) is 7.20. The number of rotatable bonds is 4. The largest absolute Gasteiger partial charge is 0.493 e. The molecule has 0 unspecified atom stereocenters. The van der Waals surface area contributed by atoms with Crippen LogP contribution in [0.5, 0.6) is 11.5 Å². The van der Waals surface area contributed by atoms with Gasteiger partial charge in [0.25, 0.3) is 0 Å². The minimum absolute atomic E-state index is 0.334. The first-order chi connectivity index (χ1) is 9.04. The van der Waals surface area contributed by atoms with E-state index in [1.54, 1.807) is 21.1 Å². The van der Waals surface area contributed by atoms with Gasteiger partial charge in [-0.1, -0.05) is 0 Å².